The highest BCUT2D eigenvalue weighted by molar-refractivity contribution is 5.27. The van der Waals surface area contributed by atoms with Crippen LogP contribution in [-0.4, -0.2) is 24.4 Å². The number of phenols is 1. The molecule has 0 aromatic heterocycles. The third kappa shape index (κ3) is 2.69. The summed E-state index contributed by atoms with van der Waals surface area (Å²) in [7, 11) is 0. The number of aromatic hydroxyl groups is 1. The van der Waals surface area contributed by atoms with E-state index >= 15 is 0 Å². The summed E-state index contributed by atoms with van der Waals surface area (Å²) in [6.07, 6.45) is 0.828. The Morgan fingerprint density at radius 1 is 1.47 bits per heavy atom. The molecule has 1 heterocycles. The van der Waals surface area contributed by atoms with E-state index in [0.717, 1.165) is 24.9 Å². The van der Waals surface area contributed by atoms with Crippen LogP contribution in [0.15, 0.2) is 24.3 Å². The summed E-state index contributed by atoms with van der Waals surface area (Å²) < 4.78 is 13.5. The highest BCUT2D eigenvalue weighted by Crippen LogP contribution is 2.22. The first kappa shape index (κ1) is 10.4. The SMILES string of the molecule is Oc1cccc(CC2CCNCC2F)c1. The Hall–Kier alpha value is -1.09. The Bertz CT molecular complexity index is 329. The molecule has 1 aliphatic rings. The van der Waals surface area contributed by atoms with Gasteiger partial charge in [-0.1, -0.05) is 12.1 Å². The van der Waals surface area contributed by atoms with Crippen LogP contribution in [0.2, 0.25) is 0 Å². The van der Waals surface area contributed by atoms with Gasteiger partial charge in [0.25, 0.3) is 0 Å². The molecule has 2 N–H and O–H groups in total. The van der Waals surface area contributed by atoms with Gasteiger partial charge in [-0.15, -0.1) is 0 Å². The van der Waals surface area contributed by atoms with Crippen molar-refractivity contribution >= 4 is 0 Å². The van der Waals surface area contributed by atoms with Crippen LogP contribution in [-0.2, 0) is 6.42 Å². The fourth-order valence-electron chi connectivity index (χ4n) is 2.09. The maximum Gasteiger partial charge on any atom is 0.116 e. The number of rotatable bonds is 2. The zero-order chi connectivity index (χ0) is 10.7. The smallest absolute Gasteiger partial charge is 0.116 e. The molecule has 2 rings (SSSR count). The Kier molecular flexibility index (Phi) is 3.21. The molecule has 1 aromatic carbocycles. The summed E-state index contributed by atoms with van der Waals surface area (Å²) in [5.74, 6) is 0.352. The van der Waals surface area contributed by atoms with E-state index < -0.39 is 6.17 Å². The van der Waals surface area contributed by atoms with Gasteiger partial charge in [0.2, 0.25) is 0 Å². The van der Waals surface area contributed by atoms with Crippen molar-refractivity contribution in [3.05, 3.63) is 29.8 Å². The first-order valence-corrected chi connectivity index (χ1v) is 5.38. The van der Waals surface area contributed by atoms with E-state index in [1.165, 1.54) is 0 Å². The summed E-state index contributed by atoms with van der Waals surface area (Å²) in [4.78, 5) is 0. The van der Waals surface area contributed by atoms with Gasteiger partial charge in [-0.05, 0) is 43.0 Å². The summed E-state index contributed by atoms with van der Waals surface area (Å²) >= 11 is 0. The molecule has 0 radical (unpaired) electrons. The molecule has 0 saturated carbocycles. The average Bonchev–Trinajstić information content (AvgIpc) is 2.22. The first-order valence-electron chi connectivity index (χ1n) is 5.38. The van der Waals surface area contributed by atoms with Crippen molar-refractivity contribution in [3.8, 4) is 5.75 Å². The van der Waals surface area contributed by atoms with Crippen LogP contribution in [0.3, 0.4) is 0 Å². The predicted molar refractivity (Wildman–Crippen MR) is 57.7 cm³/mol. The third-order valence-corrected chi connectivity index (χ3v) is 2.95. The van der Waals surface area contributed by atoms with Gasteiger partial charge >= 0.3 is 0 Å². The van der Waals surface area contributed by atoms with Crippen molar-refractivity contribution in [2.75, 3.05) is 13.1 Å². The third-order valence-electron chi connectivity index (χ3n) is 2.95. The van der Waals surface area contributed by atoms with Gasteiger partial charge in [0.05, 0.1) is 0 Å². The monoisotopic (exact) mass is 209 g/mol. The normalized spacial score (nSPS) is 26.5. The molecule has 82 valence electrons. The molecule has 0 amide bonds. The zero-order valence-electron chi connectivity index (χ0n) is 8.62. The topological polar surface area (TPSA) is 32.3 Å². The standard InChI is InChI=1S/C12H16FNO/c13-12-8-14-5-4-10(12)6-9-2-1-3-11(15)7-9/h1-3,7,10,12,14-15H,4-6,8H2. The van der Waals surface area contributed by atoms with Crippen molar-refractivity contribution in [1.82, 2.24) is 5.32 Å². The molecule has 2 unspecified atom stereocenters. The lowest BCUT2D eigenvalue weighted by molar-refractivity contribution is 0.179. The van der Waals surface area contributed by atoms with Crippen LogP contribution in [0.25, 0.3) is 0 Å². The van der Waals surface area contributed by atoms with Gasteiger partial charge in [-0.25, -0.2) is 4.39 Å². The van der Waals surface area contributed by atoms with E-state index in [0.29, 0.717) is 6.54 Å². The van der Waals surface area contributed by atoms with Crippen molar-refractivity contribution in [1.29, 1.82) is 0 Å². The number of piperidine rings is 1. The van der Waals surface area contributed by atoms with Crippen molar-refractivity contribution in [2.24, 2.45) is 5.92 Å². The van der Waals surface area contributed by atoms with Crippen LogP contribution in [0.1, 0.15) is 12.0 Å². The number of hydrogen-bond acceptors (Lipinski definition) is 2. The summed E-state index contributed by atoms with van der Waals surface area (Å²) in [5.41, 5.74) is 1.02. The lowest BCUT2D eigenvalue weighted by Gasteiger charge is -2.26. The minimum Gasteiger partial charge on any atom is -0.508 e. The molecule has 15 heavy (non-hydrogen) atoms. The summed E-state index contributed by atoms with van der Waals surface area (Å²) in [6, 6.07) is 7.10. The van der Waals surface area contributed by atoms with Gasteiger partial charge in [-0.3, -0.25) is 0 Å². The number of halogens is 1. The van der Waals surface area contributed by atoms with Crippen molar-refractivity contribution in [3.63, 3.8) is 0 Å². The molecular formula is C12H16FNO. The molecule has 2 nitrogen and oxygen atoms in total. The summed E-state index contributed by atoms with van der Waals surface area (Å²) in [5, 5.41) is 12.3. The second-order valence-corrected chi connectivity index (χ2v) is 4.14. The number of hydrogen-bond donors (Lipinski definition) is 2. The minimum absolute atomic E-state index is 0.0908. The highest BCUT2D eigenvalue weighted by Gasteiger charge is 2.24. The van der Waals surface area contributed by atoms with Crippen molar-refractivity contribution in [2.45, 2.75) is 19.0 Å². The Morgan fingerprint density at radius 2 is 2.33 bits per heavy atom. The molecule has 0 aliphatic carbocycles. The van der Waals surface area contributed by atoms with E-state index in [1.54, 1.807) is 18.2 Å². The second-order valence-electron chi connectivity index (χ2n) is 4.14. The maximum absolute atomic E-state index is 13.5. The molecular weight excluding hydrogens is 193 g/mol. The Labute approximate surface area is 89.1 Å². The van der Waals surface area contributed by atoms with Gasteiger partial charge < -0.3 is 10.4 Å². The number of nitrogens with one attached hydrogen (secondary N) is 1. The lowest BCUT2D eigenvalue weighted by atomic mass is 9.89. The quantitative estimate of drug-likeness (QED) is 0.779. The van der Waals surface area contributed by atoms with Gasteiger partial charge in [0.15, 0.2) is 0 Å². The van der Waals surface area contributed by atoms with Gasteiger partial charge in [-0.2, -0.15) is 0 Å². The largest absolute Gasteiger partial charge is 0.508 e. The van der Waals surface area contributed by atoms with Crippen molar-refractivity contribution < 1.29 is 9.50 Å². The van der Waals surface area contributed by atoms with Gasteiger partial charge in [0, 0.05) is 6.54 Å². The van der Waals surface area contributed by atoms with Crippen LogP contribution < -0.4 is 5.32 Å². The first-order chi connectivity index (χ1) is 7.25. The zero-order valence-corrected chi connectivity index (χ0v) is 8.62. The number of alkyl halides is 1. The van der Waals surface area contributed by atoms with Crippen LogP contribution >= 0.6 is 0 Å². The average molecular weight is 209 g/mol. The second kappa shape index (κ2) is 4.62. The predicted octanol–water partition coefficient (Wildman–Crippen LogP) is 1.88. The molecule has 3 heteroatoms. The molecule has 1 aromatic rings. The van der Waals surface area contributed by atoms with E-state index in [9.17, 15) is 9.50 Å². The van der Waals surface area contributed by atoms with Crippen LogP contribution in [0.5, 0.6) is 5.75 Å². The molecule has 1 aliphatic heterocycles. The van der Waals surface area contributed by atoms with Crippen LogP contribution in [0, 0.1) is 5.92 Å². The fraction of sp³-hybridized carbons (Fsp3) is 0.500. The minimum atomic E-state index is -0.763. The Balaban J connectivity index is 2.01. The van der Waals surface area contributed by atoms with Crippen LogP contribution in [0.4, 0.5) is 4.39 Å². The molecule has 1 saturated heterocycles. The van der Waals surface area contributed by atoms with E-state index in [1.807, 2.05) is 6.07 Å². The van der Waals surface area contributed by atoms with E-state index in [-0.39, 0.29) is 11.7 Å². The molecule has 0 bridgehead atoms. The maximum atomic E-state index is 13.5. The molecule has 0 spiro atoms. The molecule has 1 fully saturated rings. The Morgan fingerprint density at radius 3 is 3.07 bits per heavy atom. The van der Waals surface area contributed by atoms with E-state index in [2.05, 4.69) is 5.32 Å². The summed E-state index contributed by atoms with van der Waals surface area (Å²) in [6.45, 7) is 1.35. The van der Waals surface area contributed by atoms with E-state index in [4.69, 9.17) is 0 Å². The fourth-order valence-corrected chi connectivity index (χ4v) is 2.09. The van der Waals surface area contributed by atoms with Gasteiger partial charge in [0.1, 0.15) is 11.9 Å². The highest BCUT2D eigenvalue weighted by atomic mass is 19.1. The number of phenolic OH excluding ortho intramolecular Hbond substituents is 1. The molecule has 2 atom stereocenters. The lowest BCUT2D eigenvalue weighted by Crippen LogP contribution is -2.38. The number of benzene rings is 1.